The highest BCUT2D eigenvalue weighted by atomic mass is 32.2. The van der Waals surface area contributed by atoms with E-state index in [1.807, 2.05) is 0 Å². The minimum absolute atomic E-state index is 0.0262. The lowest BCUT2D eigenvalue weighted by Crippen LogP contribution is -2.42. The van der Waals surface area contributed by atoms with Gasteiger partial charge in [0.1, 0.15) is 6.54 Å². The standard InChI is InChI=1S/C11H17F3N4O2S/c1-7(2)4-18(6-11(12,13)14)8(19)5-21-10-16-15-9(20)17(10)3/h7H,4-6H2,1-3H3,(H,15,20). The molecule has 1 heterocycles. The molecule has 10 heteroatoms. The first-order valence-electron chi connectivity index (χ1n) is 6.19. The number of nitrogens with one attached hydrogen (secondary N) is 1. The zero-order valence-corrected chi connectivity index (χ0v) is 12.7. The maximum atomic E-state index is 12.5. The number of hydrogen-bond acceptors (Lipinski definition) is 4. The van der Waals surface area contributed by atoms with Crippen LogP contribution in [-0.2, 0) is 11.8 Å². The number of aromatic amines is 1. The molecule has 6 nitrogen and oxygen atoms in total. The van der Waals surface area contributed by atoms with Gasteiger partial charge in [-0.2, -0.15) is 13.2 Å². The Balaban J connectivity index is 2.68. The molecule has 0 unspecified atom stereocenters. The van der Waals surface area contributed by atoms with Gasteiger partial charge in [-0.25, -0.2) is 9.89 Å². The van der Waals surface area contributed by atoms with Gasteiger partial charge in [0.2, 0.25) is 5.91 Å². The maximum Gasteiger partial charge on any atom is 0.406 e. The van der Waals surface area contributed by atoms with Crippen molar-refractivity contribution in [2.45, 2.75) is 25.2 Å². The summed E-state index contributed by atoms with van der Waals surface area (Å²) in [6.45, 7) is 2.23. The first kappa shape index (κ1) is 17.6. The van der Waals surface area contributed by atoms with Gasteiger partial charge in [0.25, 0.3) is 0 Å². The lowest BCUT2D eigenvalue weighted by Gasteiger charge is -2.25. The topological polar surface area (TPSA) is 71.0 Å². The van der Waals surface area contributed by atoms with Crippen molar-refractivity contribution in [2.24, 2.45) is 13.0 Å². The van der Waals surface area contributed by atoms with E-state index in [4.69, 9.17) is 0 Å². The minimum Gasteiger partial charge on any atom is -0.333 e. The van der Waals surface area contributed by atoms with Crippen molar-refractivity contribution in [3.05, 3.63) is 10.5 Å². The van der Waals surface area contributed by atoms with Crippen LogP contribution in [0.15, 0.2) is 9.95 Å². The van der Waals surface area contributed by atoms with Gasteiger partial charge in [-0.05, 0) is 5.92 Å². The number of alkyl halides is 3. The first-order chi connectivity index (χ1) is 9.60. The van der Waals surface area contributed by atoms with E-state index in [2.05, 4.69) is 10.2 Å². The average molecular weight is 326 g/mol. The number of hydrogen-bond donors (Lipinski definition) is 1. The molecule has 0 saturated carbocycles. The van der Waals surface area contributed by atoms with Gasteiger partial charge in [-0.1, -0.05) is 25.6 Å². The van der Waals surface area contributed by atoms with Crippen molar-refractivity contribution in [3.8, 4) is 0 Å². The number of amides is 1. The fourth-order valence-corrected chi connectivity index (χ4v) is 2.41. The molecule has 1 rings (SSSR count). The molecule has 1 aromatic heterocycles. The molecule has 0 radical (unpaired) electrons. The molecule has 0 bridgehead atoms. The molecular weight excluding hydrogens is 309 g/mol. The number of carbonyl (C=O) groups excluding carboxylic acids is 1. The molecule has 1 aromatic rings. The molecular formula is C11H17F3N4O2S. The number of halogens is 3. The molecule has 0 aliphatic rings. The number of thioether (sulfide) groups is 1. The minimum atomic E-state index is -4.44. The highest BCUT2D eigenvalue weighted by Gasteiger charge is 2.33. The third kappa shape index (κ3) is 5.82. The Kier molecular flexibility index (Phi) is 5.87. The summed E-state index contributed by atoms with van der Waals surface area (Å²) in [4.78, 5) is 23.8. The van der Waals surface area contributed by atoms with Crippen LogP contribution in [0.4, 0.5) is 13.2 Å². The molecule has 0 fully saturated rings. The molecule has 0 atom stereocenters. The van der Waals surface area contributed by atoms with Crippen molar-refractivity contribution >= 4 is 17.7 Å². The highest BCUT2D eigenvalue weighted by Crippen LogP contribution is 2.19. The summed E-state index contributed by atoms with van der Waals surface area (Å²) in [5.41, 5.74) is -0.445. The summed E-state index contributed by atoms with van der Waals surface area (Å²) >= 11 is 0.919. The Morgan fingerprint density at radius 1 is 1.48 bits per heavy atom. The van der Waals surface area contributed by atoms with Crippen molar-refractivity contribution in [2.75, 3.05) is 18.8 Å². The summed E-state index contributed by atoms with van der Waals surface area (Å²) in [6, 6.07) is 0. The van der Waals surface area contributed by atoms with Crippen molar-refractivity contribution in [1.82, 2.24) is 19.7 Å². The number of aromatic nitrogens is 3. The van der Waals surface area contributed by atoms with Crippen LogP contribution >= 0.6 is 11.8 Å². The quantitative estimate of drug-likeness (QED) is 0.799. The Bertz CT molecular complexity index is 538. The zero-order valence-electron chi connectivity index (χ0n) is 11.9. The van der Waals surface area contributed by atoms with E-state index < -0.39 is 24.3 Å². The van der Waals surface area contributed by atoms with Crippen molar-refractivity contribution in [3.63, 3.8) is 0 Å². The molecule has 0 saturated heterocycles. The van der Waals surface area contributed by atoms with Crippen LogP contribution in [0.3, 0.4) is 0 Å². The van der Waals surface area contributed by atoms with E-state index in [0.717, 1.165) is 16.7 Å². The van der Waals surface area contributed by atoms with Crippen LogP contribution in [0.5, 0.6) is 0 Å². The van der Waals surface area contributed by atoms with Gasteiger partial charge < -0.3 is 4.90 Å². The second kappa shape index (κ2) is 7.01. The predicted octanol–water partition coefficient (Wildman–Crippen LogP) is 1.25. The molecule has 0 aliphatic carbocycles. The second-order valence-electron chi connectivity index (χ2n) is 4.94. The normalized spacial score (nSPS) is 12.0. The molecule has 0 aliphatic heterocycles. The van der Waals surface area contributed by atoms with E-state index in [1.165, 1.54) is 11.6 Å². The van der Waals surface area contributed by atoms with Crippen LogP contribution in [0.2, 0.25) is 0 Å². The van der Waals surface area contributed by atoms with Gasteiger partial charge in [-0.3, -0.25) is 9.36 Å². The number of carbonyl (C=O) groups is 1. The van der Waals surface area contributed by atoms with E-state index in [1.54, 1.807) is 13.8 Å². The van der Waals surface area contributed by atoms with Gasteiger partial charge in [0, 0.05) is 13.6 Å². The van der Waals surface area contributed by atoms with E-state index in [-0.39, 0.29) is 23.4 Å². The van der Waals surface area contributed by atoms with Crippen LogP contribution < -0.4 is 5.69 Å². The molecule has 1 amide bonds. The molecule has 1 N–H and O–H groups in total. The van der Waals surface area contributed by atoms with Gasteiger partial charge >= 0.3 is 11.9 Å². The lowest BCUT2D eigenvalue weighted by atomic mass is 10.2. The fraction of sp³-hybridized carbons (Fsp3) is 0.727. The Morgan fingerprint density at radius 2 is 2.10 bits per heavy atom. The van der Waals surface area contributed by atoms with E-state index >= 15 is 0 Å². The summed E-state index contributed by atoms with van der Waals surface area (Å²) in [7, 11) is 1.46. The number of nitrogens with zero attached hydrogens (tertiary/aromatic N) is 3. The Hall–Kier alpha value is -1.45. The number of rotatable bonds is 6. The lowest BCUT2D eigenvalue weighted by molar-refractivity contribution is -0.160. The molecule has 21 heavy (non-hydrogen) atoms. The van der Waals surface area contributed by atoms with Crippen LogP contribution in [0, 0.1) is 5.92 Å². The van der Waals surface area contributed by atoms with Crippen LogP contribution in [0.1, 0.15) is 13.8 Å². The van der Waals surface area contributed by atoms with Gasteiger partial charge in [0.15, 0.2) is 5.16 Å². The first-order valence-corrected chi connectivity index (χ1v) is 7.17. The monoisotopic (exact) mass is 326 g/mol. The summed E-state index contributed by atoms with van der Waals surface area (Å²) in [5.74, 6) is -0.918. The zero-order chi connectivity index (χ0) is 16.2. The maximum absolute atomic E-state index is 12.5. The SMILES string of the molecule is CC(C)CN(CC(F)(F)F)C(=O)CSc1n[nH]c(=O)n1C. The number of H-pyrrole nitrogens is 1. The van der Waals surface area contributed by atoms with Gasteiger partial charge in [0.05, 0.1) is 5.75 Å². The summed E-state index contributed by atoms with van der Waals surface area (Å²) in [6.07, 6.45) is -4.44. The molecule has 120 valence electrons. The summed E-state index contributed by atoms with van der Waals surface area (Å²) in [5, 5.41) is 6.12. The van der Waals surface area contributed by atoms with Crippen LogP contribution in [0.25, 0.3) is 0 Å². The predicted molar refractivity (Wildman–Crippen MR) is 72.0 cm³/mol. The fourth-order valence-electron chi connectivity index (χ4n) is 1.59. The van der Waals surface area contributed by atoms with Crippen molar-refractivity contribution in [1.29, 1.82) is 0 Å². The third-order valence-corrected chi connectivity index (χ3v) is 3.49. The average Bonchev–Trinajstić information content (AvgIpc) is 2.64. The second-order valence-corrected chi connectivity index (χ2v) is 5.88. The largest absolute Gasteiger partial charge is 0.406 e. The van der Waals surface area contributed by atoms with Gasteiger partial charge in [-0.15, -0.1) is 5.10 Å². The smallest absolute Gasteiger partial charge is 0.333 e. The highest BCUT2D eigenvalue weighted by molar-refractivity contribution is 7.99. The Labute approximate surface area is 123 Å². The molecule has 0 aromatic carbocycles. The van der Waals surface area contributed by atoms with Crippen LogP contribution in [-0.4, -0.2) is 50.6 Å². The third-order valence-electron chi connectivity index (χ3n) is 2.47. The summed E-state index contributed by atoms with van der Waals surface area (Å²) < 4.78 is 38.6. The van der Waals surface area contributed by atoms with E-state index in [0.29, 0.717) is 0 Å². The molecule has 0 spiro atoms. The van der Waals surface area contributed by atoms with Crippen molar-refractivity contribution < 1.29 is 18.0 Å². The Morgan fingerprint density at radius 3 is 2.52 bits per heavy atom. The van der Waals surface area contributed by atoms with E-state index in [9.17, 15) is 22.8 Å².